The van der Waals surface area contributed by atoms with E-state index < -0.39 is 47.4 Å². The summed E-state index contributed by atoms with van der Waals surface area (Å²) in [7, 11) is 0. The molecule has 1 N–H and O–H groups in total. The molecule has 0 unspecified atom stereocenters. The molecule has 35 heavy (non-hydrogen) atoms. The van der Waals surface area contributed by atoms with Crippen LogP contribution in [0.4, 0.5) is 62.8 Å². The number of ether oxygens (including phenoxy) is 1. The number of hydrogen-bond donors (Lipinski definition) is 1. The molecular weight excluding hydrogens is 521 g/mol. The number of nitrogens with one attached hydrogen (secondary N) is 1. The molecule has 194 valence electrons. The minimum absolute atomic E-state index is 0.00755. The zero-order valence-corrected chi connectivity index (χ0v) is 16.4. The number of alkyl halides is 13. The van der Waals surface area contributed by atoms with Crippen LogP contribution < -0.4 is 10.1 Å². The molecule has 0 aliphatic heterocycles. The first-order chi connectivity index (χ1) is 15.7. The minimum atomic E-state index is -8.08. The van der Waals surface area contributed by atoms with Gasteiger partial charge in [0.15, 0.2) is 0 Å². The predicted molar refractivity (Wildman–Crippen MR) is 92.4 cm³/mol. The van der Waals surface area contributed by atoms with Gasteiger partial charge in [-0.2, -0.15) is 57.1 Å². The molecular formula is C19H10F13NO2. The molecule has 0 saturated carbocycles. The maximum atomic E-state index is 13.8. The van der Waals surface area contributed by atoms with Crippen LogP contribution in [-0.4, -0.2) is 41.7 Å². The van der Waals surface area contributed by atoms with Crippen molar-refractivity contribution in [1.29, 1.82) is 0 Å². The molecule has 0 aromatic heterocycles. The lowest BCUT2D eigenvalue weighted by molar-refractivity contribution is -0.435. The Kier molecular flexibility index (Phi) is 7.04. The molecule has 2 aromatic rings. The van der Waals surface area contributed by atoms with Gasteiger partial charge in [-0.3, -0.25) is 4.79 Å². The second-order valence-electron chi connectivity index (χ2n) is 6.76. The second kappa shape index (κ2) is 8.78. The number of amides is 1. The number of para-hydroxylation sites is 1. The standard InChI is InChI=1S/C19H10F13NO2/c20-14(21,15(22,23)16(24,25)17(26,27)18(28,29)19(30,31)32)13(34)33-10-6-8-12(9-7-10)35-11-4-2-1-3-5-11/h1-9H,(H,33,34). The van der Waals surface area contributed by atoms with Crippen LogP contribution in [-0.2, 0) is 4.79 Å². The van der Waals surface area contributed by atoms with Crippen molar-refractivity contribution in [3.63, 3.8) is 0 Å². The van der Waals surface area contributed by atoms with Gasteiger partial charge in [-0.25, -0.2) is 0 Å². The molecule has 0 aliphatic carbocycles. The maximum absolute atomic E-state index is 13.8. The summed E-state index contributed by atoms with van der Waals surface area (Å²) in [5, 5.41) is 0.959. The van der Waals surface area contributed by atoms with E-state index in [0.29, 0.717) is 0 Å². The van der Waals surface area contributed by atoms with E-state index in [-0.39, 0.29) is 11.5 Å². The molecule has 0 bridgehead atoms. The Morgan fingerprint density at radius 2 is 1.00 bits per heavy atom. The first-order valence-corrected chi connectivity index (χ1v) is 8.80. The summed E-state index contributed by atoms with van der Waals surface area (Å²) < 4.78 is 176. The normalized spacial score (nSPS) is 14.0. The van der Waals surface area contributed by atoms with Gasteiger partial charge >= 0.3 is 41.7 Å². The van der Waals surface area contributed by atoms with E-state index in [1.165, 1.54) is 12.1 Å². The molecule has 0 atom stereocenters. The zero-order valence-electron chi connectivity index (χ0n) is 16.4. The van der Waals surface area contributed by atoms with E-state index in [2.05, 4.69) is 0 Å². The number of benzene rings is 2. The van der Waals surface area contributed by atoms with Crippen LogP contribution in [0.1, 0.15) is 0 Å². The molecule has 0 spiro atoms. The number of carbonyl (C=O) groups is 1. The molecule has 2 aromatic carbocycles. The molecule has 2 rings (SSSR count). The van der Waals surface area contributed by atoms with Crippen LogP contribution in [0.2, 0.25) is 0 Å². The third-order valence-electron chi connectivity index (χ3n) is 4.31. The highest BCUT2D eigenvalue weighted by atomic mass is 19.4. The Morgan fingerprint density at radius 3 is 1.46 bits per heavy atom. The summed E-state index contributed by atoms with van der Waals surface area (Å²) in [6, 6.07) is 11.1. The summed E-state index contributed by atoms with van der Waals surface area (Å²) in [5.41, 5.74) is -0.804. The predicted octanol–water partition coefficient (Wildman–Crippen LogP) is 7.16. The van der Waals surface area contributed by atoms with Crippen LogP contribution in [0.15, 0.2) is 54.6 Å². The quantitative estimate of drug-likeness (QED) is 0.368. The lowest BCUT2D eigenvalue weighted by Gasteiger charge is -2.39. The summed E-state index contributed by atoms with van der Waals surface area (Å²) in [6.07, 6.45) is -7.53. The second-order valence-corrected chi connectivity index (χ2v) is 6.76. The van der Waals surface area contributed by atoms with Crippen molar-refractivity contribution < 1.29 is 66.6 Å². The van der Waals surface area contributed by atoms with Crippen molar-refractivity contribution in [2.24, 2.45) is 0 Å². The fraction of sp³-hybridized carbons (Fsp3) is 0.316. The topological polar surface area (TPSA) is 38.3 Å². The SMILES string of the molecule is O=C(Nc1ccc(Oc2ccccc2)cc1)C(F)(F)C(F)(F)C(F)(F)C(F)(F)C(F)(F)C(F)(F)F. The minimum Gasteiger partial charge on any atom is -0.457 e. The van der Waals surface area contributed by atoms with Gasteiger partial charge in [-0.1, -0.05) is 18.2 Å². The molecule has 0 fully saturated rings. The lowest BCUT2D eigenvalue weighted by atomic mass is 9.93. The van der Waals surface area contributed by atoms with E-state index in [0.717, 1.165) is 29.6 Å². The van der Waals surface area contributed by atoms with Gasteiger partial charge in [-0.15, -0.1) is 0 Å². The largest absolute Gasteiger partial charge is 0.460 e. The van der Waals surface area contributed by atoms with Crippen LogP contribution >= 0.6 is 0 Å². The first kappa shape index (κ1) is 28.0. The summed E-state index contributed by atoms with van der Waals surface area (Å²) in [5.74, 6) is -41.7. The van der Waals surface area contributed by atoms with E-state index in [9.17, 15) is 61.9 Å². The van der Waals surface area contributed by atoms with Crippen molar-refractivity contribution in [2.45, 2.75) is 35.8 Å². The van der Waals surface area contributed by atoms with Gasteiger partial charge in [0, 0.05) is 5.69 Å². The third-order valence-corrected chi connectivity index (χ3v) is 4.31. The number of carbonyl (C=O) groups excluding carboxylic acids is 1. The van der Waals surface area contributed by atoms with Gasteiger partial charge in [-0.05, 0) is 36.4 Å². The molecule has 1 amide bonds. The number of anilines is 1. The Morgan fingerprint density at radius 1 is 0.571 bits per heavy atom. The molecule has 0 saturated heterocycles. The van der Waals surface area contributed by atoms with Crippen LogP contribution in [0.5, 0.6) is 11.5 Å². The maximum Gasteiger partial charge on any atom is 0.460 e. The van der Waals surface area contributed by atoms with Crippen molar-refractivity contribution in [1.82, 2.24) is 0 Å². The molecule has 3 nitrogen and oxygen atoms in total. The first-order valence-electron chi connectivity index (χ1n) is 8.80. The average molecular weight is 531 g/mol. The highest BCUT2D eigenvalue weighted by molar-refractivity contribution is 5.97. The smallest absolute Gasteiger partial charge is 0.457 e. The average Bonchev–Trinajstić information content (AvgIpc) is 2.74. The summed E-state index contributed by atoms with van der Waals surface area (Å²) in [4.78, 5) is 11.5. The van der Waals surface area contributed by atoms with Crippen LogP contribution in [0, 0.1) is 0 Å². The monoisotopic (exact) mass is 531 g/mol. The highest BCUT2D eigenvalue weighted by Gasteiger charge is 2.91. The molecule has 0 aliphatic rings. The van der Waals surface area contributed by atoms with E-state index in [1.54, 1.807) is 18.2 Å². The van der Waals surface area contributed by atoms with Gasteiger partial charge < -0.3 is 10.1 Å². The van der Waals surface area contributed by atoms with Gasteiger partial charge in [0.05, 0.1) is 0 Å². The molecule has 0 radical (unpaired) electrons. The van der Waals surface area contributed by atoms with Gasteiger partial charge in [0.1, 0.15) is 11.5 Å². The Labute approximate surface area is 186 Å². The number of hydrogen-bond acceptors (Lipinski definition) is 2. The van der Waals surface area contributed by atoms with E-state index in [4.69, 9.17) is 4.74 Å². The lowest BCUT2D eigenvalue weighted by Crippen LogP contribution is -2.71. The Bertz CT molecular complexity index is 1030. The Balaban J connectivity index is 2.28. The number of halogens is 13. The third kappa shape index (κ3) is 4.69. The van der Waals surface area contributed by atoms with Crippen molar-refractivity contribution in [3.8, 4) is 11.5 Å². The number of rotatable bonds is 8. The zero-order chi connectivity index (χ0) is 27.1. The van der Waals surface area contributed by atoms with Crippen molar-refractivity contribution in [3.05, 3.63) is 54.6 Å². The molecule has 0 heterocycles. The van der Waals surface area contributed by atoms with Crippen molar-refractivity contribution >= 4 is 11.6 Å². The van der Waals surface area contributed by atoms with Crippen LogP contribution in [0.25, 0.3) is 0 Å². The van der Waals surface area contributed by atoms with E-state index in [1.807, 2.05) is 0 Å². The van der Waals surface area contributed by atoms with E-state index >= 15 is 0 Å². The highest BCUT2D eigenvalue weighted by Crippen LogP contribution is 2.60. The fourth-order valence-electron chi connectivity index (χ4n) is 2.35. The fourth-order valence-corrected chi connectivity index (χ4v) is 2.35. The van der Waals surface area contributed by atoms with Crippen LogP contribution in [0.3, 0.4) is 0 Å². The Hall–Kier alpha value is -3.20. The van der Waals surface area contributed by atoms with Crippen molar-refractivity contribution in [2.75, 3.05) is 5.32 Å². The molecule has 16 heteroatoms. The summed E-state index contributed by atoms with van der Waals surface area (Å²) >= 11 is 0. The van der Waals surface area contributed by atoms with Gasteiger partial charge in [0.25, 0.3) is 0 Å². The summed E-state index contributed by atoms with van der Waals surface area (Å²) in [6.45, 7) is 0. The van der Waals surface area contributed by atoms with Gasteiger partial charge in [0.2, 0.25) is 0 Å².